The van der Waals surface area contributed by atoms with E-state index in [1.807, 2.05) is 18.2 Å². The summed E-state index contributed by atoms with van der Waals surface area (Å²) in [4.78, 5) is 14.8. The summed E-state index contributed by atoms with van der Waals surface area (Å²) in [6, 6.07) is 8.01. The summed E-state index contributed by atoms with van der Waals surface area (Å²) in [7, 11) is 0. The summed E-state index contributed by atoms with van der Waals surface area (Å²) in [6.45, 7) is 4.80. The van der Waals surface area contributed by atoms with E-state index in [1.54, 1.807) is 5.38 Å². The molecule has 21 heavy (non-hydrogen) atoms. The van der Waals surface area contributed by atoms with Crippen molar-refractivity contribution < 1.29 is 14.6 Å². The minimum atomic E-state index is -1.10. The molecular weight excluding hydrogens is 286 g/mol. The van der Waals surface area contributed by atoms with Gasteiger partial charge in [0.25, 0.3) is 0 Å². The molecule has 0 spiro atoms. The average molecular weight is 304 g/mol. The molecule has 2 aromatic rings. The van der Waals surface area contributed by atoms with Crippen LogP contribution in [0.2, 0.25) is 0 Å². The summed E-state index contributed by atoms with van der Waals surface area (Å²) in [5.41, 5.74) is 1.74. The molecule has 1 heterocycles. The van der Waals surface area contributed by atoms with Crippen LogP contribution >= 0.6 is 11.3 Å². The van der Waals surface area contributed by atoms with Crippen molar-refractivity contribution in [3.63, 3.8) is 0 Å². The molecule has 4 nitrogen and oxygen atoms in total. The highest BCUT2D eigenvalue weighted by Crippen LogP contribution is 2.26. The molecule has 112 valence electrons. The van der Waals surface area contributed by atoms with Gasteiger partial charge in [0, 0.05) is 24.2 Å². The molecular formula is C16H18NO3S-. The SMILES string of the molecule is CC(C)c1ccccc1OCCc1nc(CC(=O)[O-])cs1. The molecule has 0 bridgehead atoms. The summed E-state index contributed by atoms with van der Waals surface area (Å²) < 4.78 is 5.83. The molecule has 5 heteroatoms. The molecule has 2 rings (SSSR count). The van der Waals surface area contributed by atoms with Crippen molar-refractivity contribution in [1.29, 1.82) is 0 Å². The van der Waals surface area contributed by atoms with Crippen LogP contribution in [-0.2, 0) is 17.6 Å². The molecule has 0 aliphatic carbocycles. The highest BCUT2D eigenvalue weighted by atomic mass is 32.1. The first-order chi connectivity index (χ1) is 10.1. The fourth-order valence-corrected chi connectivity index (χ4v) is 2.81. The van der Waals surface area contributed by atoms with Crippen LogP contribution in [0, 0.1) is 0 Å². The van der Waals surface area contributed by atoms with E-state index >= 15 is 0 Å². The van der Waals surface area contributed by atoms with Gasteiger partial charge in [-0.2, -0.15) is 0 Å². The second-order valence-corrected chi connectivity index (χ2v) is 6.02. The second-order valence-electron chi connectivity index (χ2n) is 5.07. The summed E-state index contributed by atoms with van der Waals surface area (Å²) >= 11 is 1.45. The summed E-state index contributed by atoms with van der Waals surface area (Å²) in [5.74, 6) is 0.212. The molecule has 0 amide bonds. The van der Waals surface area contributed by atoms with E-state index in [4.69, 9.17) is 4.74 Å². The predicted octanol–water partition coefficient (Wildman–Crippen LogP) is 2.18. The van der Waals surface area contributed by atoms with E-state index in [0.29, 0.717) is 24.6 Å². The Hall–Kier alpha value is -1.88. The fraction of sp³-hybridized carbons (Fsp3) is 0.375. The molecule has 0 radical (unpaired) electrons. The monoisotopic (exact) mass is 304 g/mol. The number of ether oxygens (including phenoxy) is 1. The third kappa shape index (κ3) is 4.56. The quantitative estimate of drug-likeness (QED) is 0.786. The number of carboxylic acids is 1. The first-order valence-corrected chi connectivity index (χ1v) is 7.79. The van der Waals surface area contributed by atoms with Gasteiger partial charge >= 0.3 is 0 Å². The van der Waals surface area contributed by atoms with Gasteiger partial charge in [-0.25, -0.2) is 4.98 Å². The lowest BCUT2D eigenvalue weighted by molar-refractivity contribution is -0.304. The molecule has 0 N–H and O–H groups in total. The summed E-state index contributed by atoms with van der Waals surface area (Å²) in [5, 5.41) is 13.1. The maximum Gasteiger partial charge on any atom is 0.122 e. The van der Waals surface area contributed by atoms with Crippen molar-refractivity contribution in [2.45, 2.75) is 32.6 Å². The van der Waals surface area contributed by atoms with E-state index < -0.39 is 5.97 Å². The van der Waals surface area contributed by atoms with Gasteiger partial charge in [-0.3, -0.25) is 0 Å². The van der Waals surface area contributed by atoms with Crippen LogP contribution in [0.25, 0.3) is 0 Å². The molecule has 1 aromatic heterocycles. The zero-order chi connectivity index (χ0) is 15.2. The zero-order valence-electron chi connectivity index (χ0n) is 12.2. The molecule has 1 aromatic carbocycles. The zero-order valence-corrected chi connectivity index (χ0v) is 13.0. The fourth-order valence-electron chi connectivity index (χ4n) is 2.03. The number of carbonyl (C=O) groups is 1. The Morgan fingerprint density at radius 2 is 2.14 bits per heavy atom. The standard InChI is InChI=1S/C16H19NO3S/c1-11(2)13-5-3-4-6-14(13)20-8-7-15-17-12(10-21-15)9-16(18)19/h3-6,10-11H,7-9H2,1-2H3,(H,18,19)/p-1. The van der Waals surface area contributed by atoms with Crippen LogP contribution in [0.15, 0.2) is 29.6 Å². The minimum absolute atomic E-state index is 0.131. The Kier molecular flexibility index (Phi) is 5.33. The van der Waals surface area contributed by atoms with Crippen LogP contribution in [0.4, 0.5) is 0 Å². The van der Waals surface area contributed by atoms with Crippen molar-refractivity contribution in [2.24, 2.45) is 0 Å². The Labute approximate surface area is 128 Å². The van der Waals surface area contributed by atoms with Crippen LogP contribution in [0.1, 0.15) is 36.0 Å². The number of thiazole rings is 1. The lowest BCUT2D eigenvalue weighted by Gasteiger charge is -2.13. The predicted molar refractivity (Wildman–Crippen MR) is 80.6 cm³/mol. The normalized spacial score (nSPS) is 10.8. The lowest BCUT2D eigenvalue weighted by atomic mass is 10.0. The minimum Gasteiger partial charge on any atom is -0.550 e. The molecule has 0 fully saturated rings. The summed E-state index contributed by atoms with van der Waals surface area (Å²) in [6.07, 6.45) is 0.539. The molecule has 0 atom stereocenters. The van der Waals surface area contributed by atoms with Crippen molar-refractivity contribution in [3.8, 4) is 5.75 Å². The Morgan fingerprint density at radius 1 is 1.38 bits per heavy atom. The van der Waals surface area contributed by atoms with Gasteiger partial charge in [-0.15, -0.1) is 11.3 Å². The number of benzene rings is 1. The van der Waals surface area contributed by atoms with Gasteiger partial charge in [0.15, 0.2) is 0 Å². The lowest BCUT2D eigenvalue weighted by Crippen LogP contribution is -2.24. The third-order valence-corrected chi connectivity index (χ3v) is 4.00. The number of hydrogen-bond acceptors (Lipinski definition) is 5. The van der Waals surface area contributed by atoms with Crippen LogP contribution < -0.4 is 9.84 Å². The first kappa shape index (κ1) is 15.5. The van der Waals surface area contributed by atoms with Crippen molar-refractivity contribution in [3.05, 3.63) is 45.9 Å². The number of aliphatic carboxylic acids is 1. The van der Waals surface area contributed by atoms with Gasteiger partial charge in [-0.05, 0) is 17.5 Å². The molecule has 0 aliphatic heterocycles. The average Bonchev–Trinajstić information content (AvgIpc) is 2.86. The highest BCUT2D eigenvalue weighted by molar-refractivity contribution is 7.09. The topological polar surface area (TPSA) is 62.2 Å². The van der Waals surface area contributed by atoms with Crippen LogP contribution in [0.5, 0.6) is 5.75 Å². The largest absolute Gasteiger partial charge is 0.550 e. The Bertz CT molecular complexity index is 607. The van der Waals surface area contributed by atoms with Crippen molar-refractivity contribution in [1.82, 2.24) is 4.98 Å². The van der Waals surface area contributed by atoms with E-state index in [2.05, 4.69) is 24.9 Å². The van der Waals surface area contributed by atoms with E-state index in [-0.39, 0.29) is 6.42 Å². The van der Waals surface area contributed by atoms with Crippen molar-refractivity contribution in [2.75, 3.05) is 6.61 Å². The first-order valence-electron chi connectivity index (χ1n) is 6.91. The Balaban J connectivity index is 1.90. The number of rotatable bonds is 7. The second kappa shape index (κ2) is 7.22. The number of carboxylic acid groups (broad SMARTS) is 1. The Morgan fingerprint density at radius 3 is 2.86 bits per heavy atom. The van der Waals surface area contributed by atoms with E-state index in [9.17, 15) is 9.90 Å². The van der Waals surface area contributed by atoms with Crippen LogP contribution in [-0.4, -0.2) is 17.6 Å². The number of hydrogen-bond donors (Lipinski definition) is 0. The van der Waals surface area contributed by atoms with Gasteiger partial charge in [0.1, 0.15) is 5.75 Å². The molecule has 0 saturated carbocycles. The molecule has 0 unspecified atom stereocenters. The molecule has 0 saturated heterocycles. The van der Waals surface area contributed by atoms with Gasteiger partial charge in [0.05, 0.1) is 17.3 Å². The van der Waals surface area contributed by atoms with Crippen molar-refractivity contribution >= 4 is 17.3 Å². The maximum absolute atomic E-state index is 10.5. The highest BCUT2D eigenvalue weighted by Gasteiger charge is 2.07. The van der Waals surface area contributed by atoms with Gasteiger partial charge in [-0.1, -0.05) is 32.0 Å². The smallest absolute Gasteiger partial charge is 0.122 e. The van der Waals surface area contributed by atoms with E-state index in [0.717, 1.165) is 10.8 Å². The maximum atomic E-state index is 10.5. The van der Waals surface area contributed by atoms with E-state index in [1.165, 1.54) is 16.9 Å². The van der Waals surface area contributed by atoms with Gasteiger partial charge < -0.3 is 14.6 Å². The number of para-hydroxylation sites is 1. The molecule has 0 aliphatic rings. The van der Waals surface area contributed by atoms with Gasteiger partial charge in [0.2, 0.25) is 0 Å². The number of aromatic nitrogens is 1. The number of carbonyl (C=O) groups excluding carboxylic acids is 1. The van der Waals surface area contributed by atoms with Crippen LogP contribution in [0.3, 0.4) is 0 Å². The number of nitrogens with zero attached hydrogens (tertiary/aromatic N) is 1. The third-order valence-electron chi connectivity index (χ3n) is 3.04.